The zero-order valence-electron chi connectivity index (χ0n) is 26.5. The number of rotatable bonds is 15. The van der Waals surface area contributed by atoms with E-state index in [9.17, 15) is 4.79 Å². The monoisotopic (exact) mass is 528 g/mol. The van der Waals surface area contributed by atoms with Gasteiger partial charge in [-0.2, -0.15) is 0 Å². The van der Waals surface area contributed by atoms with Crippen LogP contribution >= 0.6 is 0 Å². The smallest absolute Gasteiger partial charge is 0.306 e. The highest BCUT2D eigenvalue weighted by molar-refractivity contribution is 5.69. The molecule has 0 aromatic heterocycles. The second-order valence-corrected chi connectivity index (χ2v) is 14.5. The molecule has 0 spiro atoms. The van der Waals surface area contributed by atoms with Crippen LogP contribution in [0.25, 0.3) is 0 Å². The van der Waals surface area contributed by atoms with Crippen LogP contribution in [-0.2, 0) is 9.53 Å². The molecule has 0 bridgehead atoms. The van der Waals surface area contributed by atoms with E-state index in [4.69, 9.17) is 4.74 Å². The first-order chi connectivity index (χ1) is 18.2. The summed E-state index contributed by atoms with van der Waals surface area (Å²) in [7, 11) is 0. The number of carbonyl (C=O) groups excluding carboxylic acids is 1. The van der Waals surface area contributed by atoms with Gasteiger partial charge in [-0.1, -0.05) is 118 Å². The van der Waals surface area contributed by atoms with Crippen LogP contribution in [0.3, 0.4) is 0 Å². The van der Waals surface area contributed by atoms with E-state index in [0.29, 0.717) is 11.8 Å². The Kier molecular flexibility index (Phi) is 12.8. The molecule has 0 saturated heterocycles. The number of hydrogen-bond donors (Lipinski definition) is 0. The van der Waals surface area contributed by atoms with Crippen LogP contribution < -0.4 is 0 Å². The minimum Gasteiger partial charge on any atom is -0.462 e. The molecule has 0 aliphatic heterocycles. The van der Waals surface area contributed by atoms with E-state index in [2.05, 4.69) is 54.5 Å². The summed E-state index contributed by atoms with van der Waals surface area (Å²) in [5.74, 6) is 6.05. The summed E-state index contributed by atoms with van der Waals surface area (Å²) in [5.41, 5.74) is 1.93. The van der Waals surface area contributed by atoms with Gasteiger partial charge in [0.15, 0.2) is 0 Å². The van der Waals surface area contributed by atoms with Crippen LogP contribution in [0.2, 0.25) is 0 Å². The van der Waals surface area contributed by atoms with Crippen molar-refractivity contribution in [2.75, 3.05) is 0 Å². The van der Waals surface area contributed by atoms with E-state index in [1.807, 2.05) is 0 Å². The quantitative estimate of drug-likeness (QED) is 0.120. The molecule has 0 aromatic rings. The maximum atomic E-state index is 12.6. The van der Waals surface area contributed by atoms with Crippen molar-refractivity contribution >= 4 is 5.97 Å². The van der Waals surface area contributed by atoms with Gasteiger partial charge >= 0.3 is 5.97 Å². The molecular formula is C36H64O2. The average molecular weight is 529 g/mol. The highest BCUT2D eigenvalue weighted by Crippen LogP contribution is 2.59. The van der Waals surface area contributed by atoms with Crippen LogP contribution in [0.1, 0.15) is 158 Å². The van der Waals surface area contributed by atoms with Gasteiger partial charge in [0.2, 0.25) is 0 Å². The molecule has 38 heavy (non-hydrogen) atoms. The largest absolute Gasteiger partial charge is 0.462 e. The zero-order chi connectivity index (χ0) is 27.7. The van der Waals surface area contributed by atoms with Gasteiger partial charge in [0.05, 0.1) is 0 Å². The van der Waals surface area contributed by atoms with Gasteiger partial charge < -0.3 is 4.74 Å². The second kappa shape index (κ2) is 15.3. The predicted molar refractivity (Wildman–Crippen MR) is 163 cm³/mol. The standard InChI is InChI=1S/C36H64O2/c1-8-10-11-12-13-14-18-35(37)38-30-23-24-36(7)29(25-30)19-20-33(34(36)9-2)32-22-21-31(28(32)6)27(5)17-15-16-26(3)4/h19,26-28,30-34H,8-18,20-25H2,1-7H3/t27?,28-,30-,31+,32?,33-,34?,36-/m0/s1. The third-order valence-electron chi connectivity index (χ3n) is 11.5. The van der Waals surface area contributed by atoms with E-state index >= 15 is 0 Å². The maximum Gasteiger partial charge on any atom is 0.306 e. The van der Waals surface area contributed by atoms with Crippen LogP contribution in [0.4, 0.5) is 0 Å². The van der Waals surface area contributed by atoms with Gasteiger partial charge in [-0.05, 0) is 85.4 Å². The van der Waals surface area contributed by atoms with Crippen molar-refractivity contribution in [3.63, 3.8) is 0 Å². The zero-order valence-corrected chi connectivity index (χ0v) is 26.5. The lowest BCUT2D eigenvalue weighted by molar-refractivity contribution is -0.151. The van der Waals surface area contributed by atoms with Crippen molar-refractivity contribution in [1.82, 2.24) is 0 Å². The maximum absolute atomic E-state index is 12.6. The summed E-state index contributed by atoms with van der Waals surface area (Å²) < 4.78 is 6.03. The fourth-order valence-corrected chi connectivity index (χ4v) is 9.18. The van der Waals surface area contributed by atoms with Gasteiger partial charge in [-0.3, -0.25) is 4.79 Å². The molecule has 0 amide bonds. The van der Waals surface area contributed by atoms with Crippen LogP contribution in [-0.4, -0.2) is 12.1 Å². The number of unbranched alkanes of at least 4 members (excludes halogenated alkanes) is 5. The van der Waals surface area contributed by atoms with Crippen molar-refractivity contribution in [1.29, 1.82) is 0 Å². The number of allylic oxidation sites excluding steroid dienone is 1. The highest BCUT2D eigenvalue weighted by atomic mass is 16.5. The molecule has 3 unspecified atom stereocenters. The average Bonchev–Trinajstić information content (AvgIpc) is 3.26. The van der Waals surface area contributed by atoms with Crippen LogP contribution in [0, 0.1) is 46.8 Å². The summed E-state index contributed by atoms with van der Waals surface area (Å²) in [6.07, 6.45) is 23.5. The summed E-state index contributed by atoms with van der Waals surface area (Å²) in [6.45, 7) is 17.2. The highest BCUT2D eigenvalue weighted by Gasteiger charge is 2.50. The van der Waals surface area contributed by atoms with E-state index in [0.717, 1.165) is 60.7 Å². The molecular weight excluding hydrogens is 464 g/mol. The predicted octanol–water partition coefficient (Wildman–Crippen LogP) is 10.9. The van der Waals surface area contributed by atoms with Crippen molar-refractivity contribution in [2.24, 2.45) is 46.8 Å². The summed E-state index contributed by atoms with van der Waals surface area (Å²) in [4.78, 5) is 12.6. The summed E-state index contributed by atoms with van der Waals surface area (Å²) in [5, 5.41) is 0. The first-order valence-electron chi connectivity index (χ1n) is 17.1. The Morgan fingerprint density at radius 1 is 0.974 bits per heavy atom. The molecule has 2 fully saturated rings. The van der Waals surface area contributed by atoms with Gasteiger partial charge in [-0.25, -0.2) is 0 Å². The van der Waals surface area contributed by atoms with Gasteiger partial charge in [0.25, 0.3) is 0 Å². The van der Waals surface area contributed by atoms with Gasteiger partial charge in [0.1, 0.15) is 6.10 Å². The Hall–Kier alpha value is -0.790. The molecule has 2 saturated carbocycles. The molecule has 3 aliphatic rings. The molecule has 220 valence electrons. The van der Waals surface area contributed by atoms with E-state index in [-0.39, 0.29) is 12.1 Å². The Morgan fingerprint density at radius 2 is 1.71 bits per heavy atom. The fraction of sp³-hybridized carbons (Fsp3) is 0.917. The first kappa shape index (κ1) is 31.7. The van der Waals surface area contributed by atoms with E-state index in [1.54, 1.807) is 5.57 Å². The van der Waals surface area contributed by atoms with E-state index in [1.165, 1.54) is 83.5 Å². The number of carbonyl (C=O) groups is 1. The summed E-state index contributed by atoms with van der Waals surface area (Å²) in [6, 6.07) is 0. The van der Waals surface area contributed by atoms with Crippen molar-refractivity contribution in [3.05, 3.63) is 11.6 Å². The SMILES string of the molecule is CCCCCCCCC(=O)O[C@H]1CC[C@@]2(C)C(=CC[C@@H](C3CC[C@H](C(C)CCCC(C)C)[C@@H]3C)C2CC)C1. The molecule has 0 aromatic carbocycles. The van der Waals surface area contributed by atoms with Crippen LogP contribution in [0.5, 0.6) is 0 Å². The Morgan fingerprint density at radius 3 is 2.42 bits per heavy atom. The number of ether oxygens (including phenoxy) is 1. The lowest BCUT2D eigenvalue weighted by atomic mass is 9.53. The fourth-order valence-electron chi connectivity index (χ4n) is 9.18. The molecule has 3 aliphatic carbocycles. The Balaban J connectivity index is 1.54. The lowest BCUT2D eigenvalue weighted by Gasteiger charge is -2.52. The molecule has 2 nitrogen and oxygen atoms in total. The normalized spacial score (nSPS) is 34.2. The molecule has 8 atom stereocenters. The van der Waals surface area contributed by atoms with Crippen molar-refractivity contribution < 1.29 is 9.53 Å². The van der Waals surface area contributed by atoms with Crippen LogP contribution in [0.15, 0.2) is 11.6 Å². The minimum atomic E-state index is 0.0451. The number of esters is 1. The Bertz CT molecular complexity index is 738. The number of fused-ring (bicyclic) bond motifs is 1. The lowest BCUT2D eigenvalue weighted by Crippen LogP contribution is -2.45. The van der Waals surface area contributed by atoms with Crippen molar-refractivity contribution in [2.45, 2.75) is 164 Å². The van der Waals surface area contributed by atoms with Gasteiger partial charge in [0, 0.05) is 12.8 Å². The third kappa shape index (κ3) is 8.13. The van der Waals surface area contributed by atoms with Gasteiger partial charge in [-0.15, -0.1) is 0 Å². The molecule has 3 rings (SSSR count). The van der Waals surface area contributed by atoms with E-state index < -0.39 is 0 Å². The Labute approximate surface area is 237 Å². The topological polar surface area (TPSA) is 26.3 Å². The first-order valence-corrected chi connectivity index (χ1v) is 17.1. The summed E-state index contributed by atoms with van der Waals surface area (Å²) >= 11 is 0. The molecule has 0 N–H and O–H groups in total. The molecule has 0 radical (unpaired) electrons. The third-order valence-corrected chi connectivity index (χ3v) is 11.5. The number of hydrogen-bond acceptors (Lipinski definition) is 2. The second-order valence-electron chi connectivity index (χ2n) is 14.5. The van der Waals surface area contributed by atoms with Crippen molar-refractivity contribution in [3.8, 4) is 0 Å². The molecule has 0 heterocycles. The minimum absolute atomic E-state index is 0.0451. The molecule has 2 heteroatoms.